The molecule has 2 heterocycles. The van der Waals surface area contributed by atoms with Gasteiger partial charge in [-0.2, -0.15) is 0 Å². The third-order valence-electron chi connectivity index (χ3n) is 5.88. The third-order valence-corrected chi connectivity index (χ3v) is 5.88. The highest BCUT2D eigenvalue weighted by atomic mass is 16.5. The number of rotatable bonds is 3. The number of hydrogen-bond acceptors (Lipinski definition) is 5. The molecule has 0 bridgehead atoms. The second-order valence-electron chi connectivity index (χ2n) is 7.35. The van der Waals surface area contributed by atoms with Gasteiger partial charge in [0.1, 0.15) is 5.82 Å². The fourth-order valence-corrected chi connectivity index (χ4v) is 4.45. The van der Waals surface area contributed by atoms with E-state index < -0.39 is 0 Å². The lowest BCUT2D eigenvalue weighted by Crippen LogP contribution is -2.51. The van der Waals surface area contributed by atoms with Crippen LogP contribution in [0.5, 0.6) is 0 Å². The summed E-state index contributed by atoms with van der Waals surface area (Å²) in [6.07, 6.45) is 8.54. The molecule has 5 heteroatoms. The van der Waals surface area contributed by atoms with Gasteiger partial charge in [-0.15, -0.1) is 0 Å². The number of hydrogen-bond donors (Lipinski definition) is 0. The summed E-state index contributed by atoms with van der Waals surface area (Å²) in [6, 6.07) is 8.77. The number of esters is 1. The molecule has 1 aromatic carbocycles. The fraction of sp³-hybridized carbons (Fsp3) is 0.524. The van der Waals surface area contributed by atoms with Crippen molar-refractivity contribution in [3.8, 4) is 0 Å². The average Bonchev–Trinajstić information content (AvgIpc) is 2.73. The van der Waals surface area contributed by atoms with Crippen LogP contribution in [-0.4, -0.2) is 55.2 Å². The Hall–Kier alpha value is -2.14. The molecule has 0 atom stereocenters. The van der Waals surface area contributed by atoms with E-state index in [1.807, 2.05) is 18.2 Å². The van der Waals surface area contributed by atoms with Gasteiger partial charge in [0.05, 0.1) is 12.7 Å². The second kappa shape index (κ2) is 7.62. The number of carbonyl (C=O) groups is 1. The molecule has 1 saturated heterocycles. The molecular formula is C21H27N3O2. The van der Waals surface area contributed by atoms with Crippen LogP contribution in [0.2, 0.25) is 0 Å². The molecule has 1 aliphatic heterocycles. The van der Waals surface area contributed by atoms with E-state index in [2.05, 4.69) is 20.9 Å². The van der Waals surface area contributed by atoms with Crippen LogP contribution in [0.3, 0.4) is 0 Å². The van der Waals surface area contributed by atoms with E-state index in [-0.39, 0.29) is 5.97 Å². The number of benzene rings is 1. The molecule has 0 N–H and O–H groups in total. The lowest BCUT2D eigenvalue weighted by molar-refractivity contribution is 0.0602. The van der Waals surface area contributed by atoms with Crippen molar-refractivity contribution in [1.29, 1.82) is 0 Å². The van der Waals surface area contributed by atoms with Crippen molar-refractivity contribution in [1.82, 2.24) is 9.88 Å². The lowest BCUT2D eigenvalue weighted by atomic mass is 9.94. The topological polar surface area (TPSA) is 45.7 Å². The molecule has 0 spiro atoms. The summed E-state index contributed by atoms with van der Waals surface area (Å²) in [6.45, 7) is 4.18. The highest BCUT2D eigenvalue weighted by Gasteiger charge is 2.26. The minimum absolute atomic E-state index is 0.331. The molecule has 1 aliphatic carbocycles. The number of aromatic nitrogens is 1. The number of fused-ring (bicyclic) bond motifs is 1. The zero-order chi connectivity index (χ0) is 17.9. The van der Waals surface area contributed by atoms with Gasteiger partial charge in [-0.3, -0.25) is 4.90 Å². The smallest absolute Gasteiger partial charge is 0.340 e. The summed E-state index contributed by atoms with van der Waals surface area (Å²) in [5, 5.41) is 1.94. The van der Waals surface area contributed by atoms with Crippen LogP contribution in [0.25, 0.3) is 10.8 Å². The van der Waals surface area contributed by atoms with Crippen LogP contribution in [0, 0.1) is 0 Å². The van der Waals surface area contributed by atoms with Crippen molar-refractivity contribution in [3.63, 3.8) is 0 Å². The van der Waals surface area contributed by atoms with E-state index in [1.54, 1.807) is 6.20 Å². The molecule has 2 fully saturated rings. The average molecular weight is 353 g/mol. The van der Waals surface area contributed by atoms with Crippen molar-refractivity contribution in [2.45, 2.75) is 38.1 Å². The quantitative estimate of drug-likeness (QED) is 0.791. The molecule has 1 saturated carbocycles. The zero-order valence-electron chi connectivity index (χ0n) is 15.5. The molecule has 0 unspecified atom stereocenters. The number of pyridine rings is 1. The Balaban J connectivity index is 1.55. The molecular weight excluding hydrogens is 326 g/mol. The van der Waals surface area contributed by atoms with Crippen LogP contribution in [0.15, 0.2) is 30.5 Å². The van der Waals surface area contributed by atoms with Crippen molar-refractivity contribution in [2.24, 2.45) is 0 Å². The summed E-state index contributed by atoms with van der Waals surface area (Å²) in [4.78, 5) is 21.7. The van der Waals surface area contributed by atoms with Gasteiger partial charge < -0.3 is 9.64 Å². The summed E-state index contributed by atoms with van der Waals surface area (Å²) in [5.41, 5.74) is 0.535. The normalized spacial score (nSPS) is 19.7. The monoisotopic (exact) mass is 353 g/mol. The number of anilines is 1. The Morgan fingerprint density at radius 1 is 1.04 bits per heavy atom. The molecule has 2 aromatic rings. The van der Waals surface area contributed by atoms with Gasteiger partial charge in [-0.05, 0) is 12.8 Å². The molecule has 4 rings (SSSR count). The summed E-state index contributed by atoms with van der Waals surface area (Å²) >= 11 is 0. The van der Waals surface area contributed by atoms with Gasteiger partial charge in [0.25, 0.3) is 0 Å². The lowest BCUT2D eigenvalue weighted by Gasteiger charge is -2.41. The standard InChI is InChI=1S/C21H27N3O2/c1-26-21(25)19-15-22-20(18-10-6-5-9-17(18)19)24-13-11-23(12-14-24)16-7-3-2-4-8-16/h5-6,9-10,15-16H,2-4,7-8,11-14H2,1H3. The van der Waals surface area contributed by atoms with Crippen LogP contribution < -0.4 is 4.90 Å². The summed E-state index contributed by atoms with van der Waals surface area (Å²) in [7, 11) is 1.41. The third kappa shape index (κ3) is 3.28. The molecule has 5 nitrogen and oxygen atoms in total. The molecule has 0 amide bonds. The second-order valence-corrected chi connectivity index (χ2v) is 7.35. The minimum Gasteiger partial charge on any atom is -0.465 e. The zero-order valence-corrected chi connectivity index (χ0v) is 15.5. The first-order chi connectivity index (χ1) is 12.8. The molecule has 2 aliphatic rings. The molecule has 0 radical (unpaired) electrons. The maximum Gasteiger partial charge on any atom is 0.340 e. The molecule has 26 heavy (non-hydrogen) atoms. The maximum atomic E-state index is 12.1. The van der Waals surface area contributed by atoms with E-state index >= 15 is 0 Å². The van der Waals surface area contributed by atoms with Gasteiger partial charge in [0.2, 0.25) is 0 Å². The van der Waals surface area contributed by atoms with Crippen molar-refractivity contribution < 1.29 is 9.53 Å². The molecule has 1 aromatic heterocycles. The van der Waals surface area contributed by atoms with Gasteiger partial charge in [0, 0.05) is 49.2 Å². The largest absolute Gasteiger partial charge is 0.465 e. The Labute approximate surface area is 154 Å². The van der Waals surface area contributed by atoms with Crippen LogP contribution in [-0.2, 0) is 4.74 Å². The van der Waals surface area contributed by atoms with Gasteiger partial charge in [-0.1, -0.05) is 43.5 Å². The first kappa shape index (κ1) is 17.3. The van der Waals surface area contributed by atoms with E-state index in [1.165, 1.54) is 39.2 Å². The maximum absolute atomic E-state index is 12.1. The van der Waals surface area contributed by atoms with Crippen molar-refractivity contribution in [2.75, 3.05) is 38.2 Å². The minimum atomic E-state index is -0.331. The Bertz CT molecular complexity index is 778. The summed E-state index contributed by atoms with van der Waals surface area (Å²) < 4.78 is 4.91. The predicted molar refractivity (Wildman–Crippen MR) is 104 cm³/mol. The highest BCUT2D eigenvalue weighted by Crippen LogP contribution is 2.29. The summed E-state index contributed by atoms with van der Waals surface area (Å²) in [5.74, 6) is 0.652. The van der Waals surface area contributed by atoms with E-state index in [9.17, 15) is 4.79 Å². The van der Waals surface area contributed by atoms with Gasteiger partial charge in [0.15, 0.2) is 0 Å². The van der Waals surface area contributed by atoms with Gasteiger partial charge in [-0.25, -0.2) is 9.78 Å². The predicted octanol–water partition coefficient (Wildman–Crippen LogP) is 3.48. The first-order valence-electron chi connectivity index (χ1n) is 9.73. The highest BCUT2D eigenvalue weighted by molar-refractivity contribution is 6.07. The Morgan fingerprint density at radius 3 is 2.42 bits per heavy atom. The fourth-order valence-electron chi connectivity index (χ4n) is 4.45. The van der Waals surface area contributed by atoms with Crippen LogP contribution in [0.1, 0.15) is 42.5 Å². The number of nitrogens with zero attached hydrogens (tertiary/aromatic N) is 3. The van der Waals surface area contributed by atoms with Gasteiger partial charge >= 0.3 is 5.97 Å². The number of ether oxygens (including phenoxy) is 1. The number of piperazine rings is 1. The molecule has 138 valence electrons. The van der Waals surface area contributed by atoms with E-state index in [0.29, 0.717) is 5.56 Å². The first-order valence-corrected chi connectivity index (χ1v) is 9.73. The van der Waals surface area contributed by atoms with Crippen LogP contribution >= 0.6 is 0 Å². The SMILES string of the molecule is COC(=O)c1cnc(N2CCN(C3CCCCC3)CC2)c2ccccc12. The van der Waals surface area contributed by atoms with E-state index in [0.717, 1.165) is 48.8 Å². The number of methoxy groups -OCH3 is 1. The van der Waals surface area contributed by atoms with Crippen molar-refractivity contribution >= 4 is 22.6 Å². The number of carbonyl (C=O) groups excluding carboxylic acids is 1. The van der Waals surface area contributed by atoms with Crippen LogP contribution in [0.4, 0.5) is 5.82 Å². The van der Waals surface area contributed by atoms with E-state index in [4.69, 9.17) is 4.74 Å². The Morgan fingerprint density at radius 2 is 1.73 bits per heavy atom. The van der Waals surface area contributed by atoms with Crippen molar-refractivity contribution in [3.05, 3.63) is 36.0 Å². The Kier molecular flexibility index (Phi) is 5.07.